The summed E-state index contributed by atoms with van der Waals surface area (Å²) in [5.74, 6) is 1.55. The number of rotatable bonds is 5. The van der Waals surface area contributed by atoms with E-state index in [1.807, 2.05) is 31.2 Å². The van der Waals surface area contributed by atoms with Gasteiger partial charge in [0.2, 0.25) is 5.91 Å². The Balaban J connectivity index is 1.62. The van der Waals surface area contributed by atoms with Crippen LogP contribution >= 0.6 is 0 Å². The first-order valence-corrected chi connectivity index (χ1v) is 9.54. The van der Waals surface area contributed by atoms with Gasteiger partial charge in [-0.25, -0.2) is 0 Å². The molecular formula is C22H26N2O2. The van der Waals surface area contributed by atoms with Gasteiger partial charge in [0.15, 0.2) is 0 Å². The zero-order chi connectivity index (χ0) is 17.9. The van der Waals surface area contributed by atoms with Gasteiger partial charge in [-0.3, -0.25) is 4.79 Å². The maximum absolute atomic E-state index is 12.9. The average Bonchev–Trinajstić information content (AvgIpc) is 2.65. The molecule has 0 aliphatic carbocycles. The molecule has 2 aromatic rings. The van der Waals surface area contributed by atoms with E-state index in [0.717, 1.165) is 49.4 Å². The monoisotopic (exact) mass is 350 g/mol. The number of aryl methyl sites for hydroxylation is 1. The van der Waals surface area contributed by atoms with Crippen LogP contribution in [0.2, 0.25) is 0 Å². The fraction of sp³-hybridized carbons (Fsp3) is 0.409. The molecule has 0 saturated carbocycles. The van der Waals surface area contributed by atoms with Gasteiger partial charge in [0.1, 0.15) is 5.75 Å². The van der Waals surface area contributed by atoms with Gasteiger partial charge in [-0.1, -0.05) is 43.3 Å². The molecule has 2 aromatic carbocycles. The molecule has 1 saturated heterocycles. The standard InChI is InChI=1S/C22H26N2O2/c1-15(19-13-23-14-19)22(25)24-21(16-6-3-2-4-7-16)18-9-10-20-17(12-18)8-5-11-26-20/h2-4,6-7,9-10,12,15,19,21,23H,5,8,11,13-14H2,1H3,(H,24,25). The number of nitrogens with one attached hydrogen (secondary N) is 2. The van der Waals surface area contributed by atoms with Crippen molar-refractivity contribution in [2.24, 2.45) is 11.8 Å². The molecular weight excluding hydrogens is 324 g/mol. The van der Waals surface area contributed by atoms with E-state index in [2.05, 4.69) is 34.9 Å². The molecule has 0 radical (unpaired) electrons. The van der Waals surface area contributed by atoms with Crippen molar-refractivity contribution in [3.63, 3.8) is 0 Å². The topological polar surface area (TPSA) is 50.4 Å². The Kier molecular flexibility index (Phi) is 4.93. The molecule has 2 N–H and O–H groups in total. The van der Waals surface area contributed by atoms with Crippen LogP contribution in [0.5, 0.6) is 5.75 Å². The zero-order valence-corrected chi connectivity index (χ0v) is 15.2. The molecule has 2 atom stereocenters. The maximum Gasteiger partial charge on any atom is 0.223 e. The summed E-state index contributed by atoms with van der Waals surface area (Å²) >= 11 is 0. The van der Waals surface area contributed by atoms with Crippen LogP contribution in [-0.2, 0) is 11.2 Å². The molecule has 2 heterocycles. The highest BCUT2D eigenvalue weighted by atomic mass is 16.5. The van der Waals surface area contributed by atoms with E-state index < -0.39 is 0 Å². The summed E-state index contributed by atoms with van der Waals surface area (Å²) in [4.78, 5) is 12.9. The first-order valence-electron chi connectivity index (χ1n) is 9.54. The summed E-state index contributed by atoms with van der Waals surface area (Å²) in [7, 11) is 0. The summed E-state index contributed by atoms with van der Waals surface area (Å²) in [5.41, 5.74) is 3.46. The summed E-state index contributed by atoms with van der Waals surface area (Å²) in [6.45, 7) is 4.68. The van der Waals surface area contributed by atoms with E-state index >= 15 is 0 Å². The van der Waals surface area contributed by atoms with Gasteiger partial charge >= 0.3 is 0 Å². The summed E-state index contributed by atoms with van der Waals surface area (Å²) in [5, 5.41) is 6.55. The Morgan fingerprint density at radius 1 is 1.15 bits per heavy atom. The van der Waals surface area contributed by atoms with E-state index in [-0.39, 0.29) is 17.9 Å². The van der Waals surface area contributed by atoms with Crippen LogP contribution in [0.15, 0.2) is 48.5 Å². The molecule has 4 nitrogen and oxygen atoms in total. The van der Waals surface area contributed by atoms with Gasteiger partial charge in [0.25, 0.3) is 0 Å². The molecule has 1 fully saturated rings. The Morgan fingerprint density at radius 2 is 1.96 bits per heavy atom. The lowest BCUT2D eigenvalue weighted by molar-refractivity contribution is -0.127. The van der Waals surface area contributed by atoms with Crippen LogP contribution < -0.4 is 15.4 Å². The van der Waals surface area contributed by atoms with Crippen LogP contribution in [0.4, 0.5) is 0 Å². The van der Waals surface area contributed by atoms with Gasteiger partial charge in [0.05, 0.1) is 12.6 Å². The van der Waals surface area contributed by atoms with Gasteiger partial charge in [-0.05, 0) is 60.7 Å². The minimum absolute atomic E-state index is 0.0171. The van der Waals surface area contributed by atoms with Gasteiger partial charge in [-0.15, -0.1) is 0 Å². The number of ether oxygens (including phenoxy) is 1. The number of hydrogen-bond acceptors (Lipinski definition) is 3. The minimum atomic E-state index is -0.133. The third-order valence-electron chi connectivity index (χ3n) is 5.62. The molecule has 4 rings (SSSR count). The highest BCUT2D eigenvalue weighted by molar-refractivity contribution is 5.79. The van der Waals surface area contributed by atoms with Crippen molar-refractivity contribution >= 4 is 5.91 Å². The van der Waals surface area contributed by atoms with Gasteiger partial charge in [0, 0.05) is 5.92 Å². The molecule has 2 aliphatic heterocycles. The molecule has 0 spiro atoms. The molecule has 0 aromatic heterocycles. The van der Waals surface area contributed by atoms with Crippen LogP contribution in [0.3, 0.4) is 0 Å². The van der Waals surface area contributed by atoms with Crippen LogP contribution in [0.1, 0.15) is 36.1 Å². The third kappa shape index (κ3) is 3.47. The Morgan fingerprint density at radius 3 is 2.69 bits per heavy atom. The van der Waals surface area contributed by atoms with Crippen LogP contribution in [-0.4, -0.2) is 25.6 Å². The Hall–Kier alpha value is -2.33. The summed E-state index contributed by atoms with van der Waals surface area (Å²) < 4.78 is 5.74. The fourth-order valence-electron chi connectivity index (χ4n) is 3.72. The largest absolute Gasteiger partial charge is 0.493 e. The van der Waals surface area contributed by atoms with Crippen molar-refractivity contribution in [1.29, 1.82) is 0 Å². The van der Waals surface area contributed by atoms with Crippen LogP contribution in [0.25, 0.3) is 0 Å². The second-order valence-electron chi connectivity index (χ2n) is 7.38. The van der Waals surface area contributed by atoms with E-state index in [0.29, 0.717) is 5.92 Å². The van der Waals surface area contributed by atoms with E-state index in [1.54, 1.807) is 0 Å². The van der Waals surface area contributed by atoms with Crippen molar-refractivity contribution in [3.05, 3.63) is 65.2 Å². The third-order valence-corrected chi connectivity index (χ3v) is 5.62. The Bertz CT molecular complexity index is 771. The molecule has 0 bridgehead atoms. The lowest BCUT2D eigenvalue weighted by Gasteiger charge is -2.33. The normalized spacial score (nSPS) is 18.8. The highest BCUT2D eigenvalue weighted by Crippen LogP contribution is 2.31. The lowest BCUT2D eigenvalue weighted by atomic mass is 9.87. The quantitative estimate of drug-likeness (QED) is 0.871. The van der Waals surface area contributed by atoms with E-state index in [4.69, 9.17) is 4.74 Å². The fourth-order valence-corrected chi connectivity index (χ4v) is 3.72. The van der Waals surface area contributed by atoms with Crippen molar-refractivity contribution in [2.75, 3.05) is 19.7 Å². The smallest absolute Gasteiger partial charge is 0.223 e. The van der Waals surface area contributed by atoms with Crippen molar-refractivity contribution in [2.45, 2.75) is 25.8 Å². The van der Waals surface area contributed by atoms with Crippen molar-refractivity contribution in [1.82, 2.24) is 10.6 Å². The number of hydrogen-bond donors (Lipinski definition) is 2. The predicted octanol–water partition coefficient (Wildman–Crippen LogP) is 3.07. The Labute approximate surface area is 155 Å². The molecule has 26 heavy (non-hydrogen) atoms. The van der Waals surface area contributed by atoms with Crippen molar-refractivity contribution in [3.8, 4) is 5.75 Å². The van der Waals surface area contributed by atoms with Gasteiger partial charge < -0.3 is 15.4 Å². The first-order chi connectivity index (χ1) is 12.7. The molecule has 1 amide bonds. The average molecular weight is 350 g/mol. The second-order valence-corrected chi connectivity index (χ2v) is 7.38. The first kappa shape index (κ1) is 17.1. The molecule has 136 valence electrons. The summed E-state index contributed by atoms with van der Waals surface area (Å²) in [6.07, 6.45) is 2.08. The SMILES string of the molecule is CC(C(=O)NC(c1ccccc1)c1ccc2c(c1)CCCO2)C1CNC1. The van der Waals surface area contributed by atoms with Crippen LogP contribution in [0, 0.1) is 11.8 Å². The number of amides is 1. The lowest BCUT2D eigenvalue weighted by Crippen LogP contribution is -2.50. The van der Waals surface area contributed by atoms with E-state index in [1.165, 1.54) is 5.56 Å². The summed E-state index contributed by atoms with van der Waals surface area (Å²) in [6, 6.07) is 16.4. The molecule has 2 unspecified atom stereocenters. The number of carbonyl (C=O) groups is 1. The minimum Gasteiger partial charge on any atom is -0.493 e. The zero-order valence-electron chi connectivity index (χ0n) is 15.2. The highest BCUT2D eigenvalue weighted by Gasteiger charge is 2.30. The molecule has 4 heteroatoms. The number of carbonyl (C=O) groups excluding carboxylic acids is 1. The van der Waals surface area contributed by atoms with E-state index in [9.17, 15) is 4.79 Å². The number of benzene rings is 2. The maximum atomic E-state index is 12.9. The second kappa shape index (κ2) is 7.50. The molecule has 2 aliphatic rings. The van der Waals surface area contributed by atoms with Gasteiger partial charge in [-0.2, -0.15) is 0 Å². The van der Waals surface area contributed by atoms with Crippen molar-refractivity contribution < 1.29 is 9.53 Å². The number of fused-ring (bicyclic) bond motifs is 1. The predicted molar refractivity (Wildman–Crippen MR) is 102 cm³/mol.